The van der Waals surface area contributed by atoms with Gasteiger partial charge in [-0.1, -0.05) is 30.3 Å². The number of aromatic nitrogens is 1. The van der Waals surface area contributed by atoms with E-state index in [4.69, 9.17) is 9.15 Å². The van der Waals surface area contributed by atoms with Crippen molar-refractivity contribution in [2.45, 2.75) is 13.8 Å². The molecule has 5 nitrogen and oxygen atoms in total. The van der Waals surface area contributed by atoms with E-state index in [1.807, 2.05) is 74.5 Å². The van der Waals surface area contributed by atoms with Crippen molar-refractivity contribution in [3.63, 3.8) is 0 Å². The Labute approximate surface area is 156 Å². The number of para-hydroxylation sites is 1. The topological polar surface area (TPSA) is 64.4 Å². The van der Waals surface area contributed by atoms with Crippen LogP contribution in [-0.2, 0) is 0 Å². The molecular weight excluding hydrogens is 340 g/mol. The van der Waals surface area contributed by atoms with Gasteiger partial charge in [0, 0.05) is 11.8 Å². The van der Waals surface area contributed by atoms with Gasteiger partial charge in [0.05, 0.1) is 10.9 Å². The predicted octanol–water partition coefficient (Wildman–Crippen LogP) is 5.34. The summed E-state index contributed by atoms with van der Waals surface area (Å²) in [6, 6.07) is 20.8. The zero-order valence-corrected chi connectivity index (χ0v) is 15.0. The number of nitrogens with one attached hydrogen (secondary N) is 1. The first kappa shape index (κ1) is 16.8. The van der Waals surface area contributed by atoms with Gasteiger partial charge >= 0.3 is 11.6 Å². The van der Waals surface area contributed by atoms with E-state index in [0.29, 0.717) is 22.3 Å². The highest BCUT2D eigenvalue weighted by Crippen LogP contribution is 2.29. The maximum Gasteiger partial charge on any atom is 0.348 e. The molecule has 0 atom stereocenters. The summed E-state index contributed by atoms with van der Waals surface area (Å²) in [5.41, 5.74) is 2.92. The lowest BCUT2D eigenvalue weighted by atomic mass is 10.2. The average Bonchev–Trinajstić information content (AvgIpc) is 2.65. The molecule has 0 fully saturated rings. The molecule has 0 aliphatic rings. The fourth-order valence-electron chi connectivity index (χ4n) is 2.76. The maximum absolute atomic E-state index is 12.2. The van der Waals surface area contributed by atoms with Gasteiger partial charge in [-0.2, -0.15) is 4.98 Å². The molecule has 4 rings (SSSR count). The molecule has 0 amide bonds. The zero-order valence-electron chi connectivity index (χ0n) is 15.0. The molecule has 134 valence electrons. The smallest absolute Gasteiger partial charge is 0.348 e. The third kappa shape index (κ3) is 3.67. The number of benzene rings is 3. The molecule has 0 aliphatic carbocycles. The zero-order chi connectivity index (χ0) is 18.8. The van der Waals surface area contributed by atoms with Crippen LogP contribution in [0.1, 0.15) is 11.1 Å². The molecule has 0 radical (unpaired) electrons. The molecule has 5 heteroatoms. The first-order chi connectivity index (χ1) is 13.1. The normalized spacial score (nSPS) is 10.7. The lowest BCUT2D eigenvalue weighted by molar-refractivity contribution is 0.479. The highest BCUT2D eigenvalue weighted by atomic mass is 16.5. The molecule has 0 aliphatic heterocycles. The molecule has 1 aromatic heterocycles. The van der Waals surface area contributed by atoms with E-state index >= 15 is 0 Å². The quantitative estimate of drug-likeness (QED) is 0.533. The number of nitrogens with zero attached hydrogens (tertiary/aromatic N) is 1. The fraction of sp³-hybridized carbons (Fsp3) is 0.0909. The van der Waals surface area contributed by atoms with Crippen LogP contribution >= 0.6 is 0 Å². The monoisotopic (exact) mass is 358 g/mol. The van der Waals surface area contributed by atoms with Crippen LogP contribution in [0.2, 0.25) is 0 Å². The van der Waals surface area contributed by atoms with Crippen LogP contribution in [0.3, 0.4) is 0 Å². The Bertz CT molecular complexity index is 1170. The van der Waals surface area contributed by atoms with Crippen molar-refractivity contribution < 1.29 is 9.15 Å². The Morgan fingerprint density at radius 3 is 2.59 bits per heavy atom. The minimum atomic E-state index is -0.421. The van der Waals surface area contributed by atoms with Crippen LogP contribution in [0, 0.1) is 13.8 Å². The third-order valence-electron chi connectivity index (χ3n) is 4.19. The highest BCUT2D eigenvalue weighted by Gasteiger charge is 2.09. The molecular formula is C22H18N2O3. The Kier molecular flexibility index (Phi) is 4.34. The van der Waals surface area contributed by atoms with Crippen molar-refractivity contribution in [2.75, 3.05) is 5.32 Å². The van der Waals surface area contributed by atoms with Gasteiger partial charge in [-0.3, -0.25) is 0 Å². The van der Waals surface area contributed by atoms with Gasteiger partial charge in [0.25, 0.3) is 0 Å². The van der Waals surface area contributed by atoms with Crippen LogP contribution in [-0.4, -0.2) is 4.98 Å². The first-order valence-electron chi connectivity index (χ1n) is 8.60. The summed E-state index contributed by atoms with van der Waals surface area (Å²) < 4.78 is 11.2. The van der Waals surface area contributed by atoms with Crippen LogP contribution in [0.25, 0.3) is 10.9 Å². The van der Waals surface area contributed by atoms with Gasteiger partial charge in [0.1, 0.15) is 11.5 Å². The van der Waals surface area contributed by atoms with Crippen LogP contribution in [0.5, 0.6) is 11.5 Å². The second kappa shape index (κ2) is 6.96. The van der Waals surface area contributed by atoms with Gasteiger partial charge in [0.2, 0.25) is 0 Å². The molecule has 3 aromatic carbocycles. The number of ether oxygens (including phenoxy) is 1. The molecule has 27 heavy (non-hydrogen) atoms. The summed E-state index contributed by atoms with van der Waals surface area (Å²) in [6.45, 7) is 3.93. The predicted molar refractivity (Wildman–Crippen MR) is 106 cm³/mol. The van der Waals surface area contributed by atoms with E-state index < -0.39 is 5.63 Å². The van der Waals surface area contributed by atoms with E-state index in [0.717, 1.165) is 16.9 Å². The number of aryl methyl sites for hydroxylation is 2. The molecule has 0 saturated carbocycles. The maximum atomic E-state index is 12.2. The molecule has 0 saturated heterocycles. The Morgan fingerprint density at radius 1 is 0.963 bits per heavy atom. The number of hydrogen-bond acceptors (Lipinski definition) is 5. The van der Waals surface area contributed by atoms with E-state index in [1.165, 1.54) is 0 Å². The summed E-state index contributed by atoms with van der Waals surface area (Å²) >= 11 is 0. The van der Waals surface area contributed by atoms with Crippen molar-refractivity contribution in [3.8, 4) is 11.5 Å². The number of fused-ring (bicyclic) bond motifs is 1. The second-order valence-electron chi connectivity index (χ2n) is 6.35. The van der Waals surface area contributed by atoms with Crippen molar-refractivity contribution >= 4 is 22.6 Å². The van der Waals surface area contributed by atoms with Crippen molar-refractivity contribution in [2.24, 2.45) is 0 Å². The molecule has 0 spiro atoms. The SMILES string of the molecule is Cc1ccc2c(=O)oc(Nc3ccc(C)c(Oc4ccccc4)c3)nc2c1. The van der Waals surface area contributed by atoms with Crippen LogP contribution in [0.15, 0.2) is 75.9 Å². The standard InChI is InChI=1S/C22H18N2O3/c1-14-8-11-18-19(12-14)24-22(27-21(18)25)23-16-10-9-15(2)20(13-16)26-17-6-4-3-5-7-17/h3-13H,1-2H3,(H,23,24). The molecule has 1 heterocycles. The van der Waals surface area contributed by atoms with Gasteiger partial charge in [-0.25, -0.2) is 4.79 Å². The number of hydrogen-bond donors (Lipinski definition) is 1. The minimum Gasteiger partial charge on any atom is -0.457 e. The van der Waals surface area contributed by atoms with Gasteiger partial charge in [-0.15, -0.1) is 0 Å². The summed E-state index contributed by atoms with van der Waals surface area (Å²) in [5.74, 6) is 1.47. The van der Waals surface area contributed by atoms with Crippen molar-refractivity contribution in [3.05, 3.63) is 88.3 Å². The minimum absolute atomic E-state index is 0.146. The van der Waals surface area contributed by atoms with Gasteiger partial charge in [0.15, 0.2) is 0 Å². The molecule has 1 N–H and O–H groups in total. The summed E-state index contributed by atoms with van der Waals surface area (Å²) in [6.07, 6.45) is 0. The average molecular weight is 358 g/mol. The van der Waals surface area contributed by atoms with E-state index in [1.54, 1.807) is 6.07 Å². The number of anilines is 2. The summed E-state index contributed by atoms with van der Waals surface area (Å²) in [7, 11) is 0. The molecule has 0 bridgehead atoms. The Hall–Kier alpha value is -3.60. The van der Waals surface area contributed by atoms with E-state index in [2.05, 4.69) is 10.3 Å². The number of rotatable bonds is 4. The van der Waals surface area contributed by atoms with Crippen LogP contribution < -0.4 is 15.7 Å². The van der Waals surface area contributed by atoms with Gasteiger partial charge < -0.3 is 14.5 Å². The van der Waals surface area contributed by atoms with Gasteiger partial charge in [-0.05, 0) is 55.3 Å². The lowest BCUT2D eigenvalue weighted by Crippen LogP contribution is -2.05. The van der Waals surface area contributed by atoms with Crippen LogP contribution in [0.4, 0.5) is 11.7 Å². The fourth-order valence-corrected chi connectivity index (χ4v) is 2.76. The molecule has 4 aromatic rings. The molecule has 0 unspecified atom stereocenters. The second-order valence-corrected chi connectivity index (χ2v) is 6.35. The summed E-state index contributed by atoms with van der Waals surface area (Å²) in [5, 5.41) is 3.51. The van der Waals surface area contributed by atoms with Crippen molar-refractivity contribution in [1.29, 1.82) is 0 Å². The van der Waals surface area contributed by atoms with Crippen molar-refractivity contribution in [1.82, 2.24) is 4.98 Å². The van der Waals surface area contributed by atoms with E-state index in [9.17, 15) is 4.79 Å². The third-order valence-corrected chi connectivity index (χ3v) is 4.19. The highest BCUT2D eigenvalue weighted by molar-refractivity contribution is 5.79. The first-order valence-corrected chi connectivity index (χ1v) is 8.60. The largest absolute Gasteiger partial charge is 0.457 e. The summed E-state index contributed by atoms with van der Waals surface area (Å²) in [4.78, 5) is 16.6. The Morgan fingerprint density at radius 2 is 1.78 bits per heavy atom. The Balaban J connectivity index is 1.66. The lowest BCUT2D eigenvalue weighted by Gasteiger charge is -2.11. The van der Waals surface area contributed by atoms with E-state index in [-0.39, 0.29) is 6.01 Å².